The standard InChI is InChI=1S/C12H11N3/c1-8-7-11-14-5-6-15(11)12-9(8)3-2-4-10(12)13/h2-7H,13H2,1H3. The summed E-state index contributed by atoms with van der Waals surface area (Å²) in [6, 6.07) is 8.05. The van der Waals surface area contributed by atoms with Crippen LogP contribution in [0.4, 0.5) is 5.69 Å². The van der Waals surface area contributed by atoms with E-state index in [9.17, 15) is 0 Å². The van der Waals surface area contributed by atoms with Crippen molar-refractivity contribution in [3.05, 3.63) is 42.2 Å². The average Bonchev–Trinajstić information content (AvgIpc) is 2.66. The summed E-state index contributed by atoms with van der Waals surface area (Å²) in [6.07, 6.45) is 3.73. The first-order valence-corrected chi connectivity index (χ1v) is 4.88. The van der Waals surface area contributed by atoms with Crippen LogP contribution < -0.4 is 5.73 Å². The lowest BCUT2D eigenvalue weighted by atomic mass is 10.1. The zero-order valence-corrected chi connectivity index (χ0v) is 8.44. The lowest BCUT2D eigenvalue weighted by Crippen LogP contribution is -1.95. The third kappa shape index (κ3) is 1.03. The Labute approximate surface area is 87.2 Å². The summed E-state index contributed by atoms with van der Waals surface area (Å²) in [7, 11) is 0. The molecule has 0 fully saturated rings. The van der Waals surface area contributed by atoms with Gasteiger partial charge in [0.05, 0.1) is 11.2 Å². The number of aryl methyl sites for hydroxylation is 1. The molecule has 0 radical (unpaired) electrons. The van der Waals surface area contributed by atoms with Crippen molar-refractivity contribution in [2.75, 3.05) is 5.73 Å². The topological polar surface area (TPSA) is 43.3 Å². The predicted molar refractivity (Wildman–Crippen MR) is 61.8 cm³/mol. The van der Waals surface area contributed by atoms with Gasteiger partial charge in [-0.25, -0.2) is 4.98 Å². The normalized spacial score (nSPS) is 11.3. The highest BCUT2D eigenvalue weighted by Crippen LogP contribution is 2.25. The molecule has 0 atom stereocenters. The van der Waals surface area contributed by atoms with Gasteiger partial charge in [-0.3, -0.25) is 4.40 Å². The Morgan fingerprint density at radius 2 is 2.20 bits per heavy atom. The minimum absolute atomic E-state index is 0.791. The predicted octanol–water partition coefficient (Wildman–Crippen LogP) is 2.38. The summed E-state index contributed by atoms with van der Waals surface area (Å²) in [5, 5.41) is 1.18. The summed E-state index contributed by atoms with van der Waals surface area (Å²) >= 11 is 0. The molecule has 0 saturated heterocycles. The van der Waals surface area contributed by atoms with E-state index in [0.717, 1.165) is 16.9 Å². The van der Waals surface area contributed by atoms with Gasteiger partial charge < -0.3 is 5.73 Å². The van der Waals surface area contributed by atoms with Gasteiger partial charge in [0.25, 0.3) is 0 Å². The molecule has 0 bridgehead atoms. The van der Waals surface area contributed by atoms with Crippen LogP contribution >= 0.6 is 0 Å². The first-order valence-electron chi connectivity index (χ1n) is 4.88. The van der Waals surface area contributed by atoms with Crippen molar-refractivity contribution >= 4 is 22.2 Å². The molecule has 1 aromatic carbocycles. The van der Waals surface area contributed by atoms with E-state index in [1.807, 2.05) is 22.7 Å². The average molecular weight is 197 g/mol. The Kier molecular flexibility index (Phi) is 1.51. The SMILES string of the molecule is Cc1cc2nccn2c2c(N)cccc12. The van der Waals surface area contributed by atoms with Crippen LogP contribution in [-0.4, -0.2) is 9.38 Å². The summed E-state index contributed by atoms with van der Waals surface area (Å²) in [4.78, 5) is 4.28. The number of benzene rings is 1. The lowest BCUT2D eigenvalue weighted by molar-refractivity contribution is 1.24. The van der Waals surface area contributed by atoms with E-state index in [0.29, 0.717) is 0 Å². The monoisotopic (exact) mass is 197 g/mol. The quantitative estimate of drug-likeness (QED) is 0.562. The van der Waals surface area contributed by atoms with Crippen LogP contribution in [0.2, 0.25) is 0 Å². The number of hydrogen-bond acceptors (Lipinski definition) is 2. The molecule has 3 rings (SSSR count). The van der Waals surface area contributed by atoms with Crippen molar-refractivity contribution in [2.45, 2.75) is 6.92 Å². The Bertz CT molecular complexity index is 652. The molecule has 3 heteroatoms. The van der Waals surface area contributed by atoms with Crippen molar-refractivity contribution in [1.82, 2.24) is 9.38 Å². The molecule has 2 aromatic heterocycles. The molecular formula is C12H11N3. The first kappa shape index (κ1) is 8.29. The van der Waals surface area contributed by atoms with E-state index in [2.05, 4.69) is 24.0 Å². The summed E-state index contributed by atoms with van der Waals surface area (Å²) in [5.74, 6) is 0. The first-order chi connectivity index (χ1) is 7.27. The van der Waals surface area contributed by atoms with Gasteiger partial charge in [-0.2, -0.15) is 0 Å². The Balaban J connectivity index is 2.69. The van der Waals surface area contributed by atoms with Crippen LogP contribution in [0.25, 0.3) is 16.6 Å². The van der Waals surface area contributed by atoms with Crippen molar-refractivity contribution in [2.24, 2.45) is 0 Å². The number of nitrogens with two attached hydrogens (primary N) is 1. The lowest BCUT2D eigenvalue weighted by Gasteiger charge is -2.07. The number of rotatable bonds is 0. The van der Waals surface area contributed by atoms with Crippen LogP contribution in [-0.2, 0) is 0 Å². The van der Waals surface area contributed by atoms with Gasteiger partial charge in [-0.05, 0) is 24.6 Å². The second kappa shape index (κ2) is 2.73. The van der Waals surface area contributed by atoms with Gasteiger partial charge in [0, 0.05) is 17.8 Å². The van der Waals surface area contributed by atoms with Gasteiger partial charge in [-0.15, -0.1) is 0 Å². The number of nitrogens with zero attached hydrogens (tertiary/aromatic N) is 2. The van der Waals surface area contributed by atoms with Crippen molar-refractivity contribution in [3.8, 4) is 0 Å². The number of anilines is 1. The van der Waals surface area contributed by atoms with Crippen molar-refractivity contribution < 1.29 is 0 Å². The minimum atomic E-state index is 0.791. The zero-order valence-electron chi connectivity index (χ0n) is 8.44. The number of hydrogen-bond donors (Lipinski definition) is 1. The van der Waals surface area contributed by atoms with Crippen molar-refractivity contribution in [1.29, 1.82) is 0 Å². The maximum atomic E-state index is 6.00. The van der Waals surface area contributed by atoms with Crippen LogP contribution in [0.5, 0.6) is 0 Å². The Hall–Kier alpha value is -2.03. The van der Waals surface area contributed by atoms with Crippen LogP contribution in [0, 0.1) is 6.92 Å². The molecule has 0 aliphatic rings. The molecule has 2 heterocycles. The highest BCUT2D eigenvalue weighted by Gasteiger charge is 2.06. The largest absolute Gasteiger partial charge is 0.397 e. The third-order valence-corrected chi connectivity index (χ3v) is 2.75. The molecule has 0 aliphatic carbocycles. The molecule has 0 amide bonds. The number of aromatic nitrogens is 2. The molecular weight excluding hydrogens is 186 g/mol. The summed E-state index contributed by atoms with van der Waals surface area (Å²) in [5.41, 5.74) is 9.99. The summed E-state index contributed by atoms with van der Waals surface area (Å²) in [6.45, 7) is 2.08. The third-order valence-electron chi connectivity index (χ3n) is 2.75. The molecule has 0 saturated carbocycles. The number of para-hydroxylation sites is 1. The number of pyridine rings is 1. The van der Waals surface area contributed by atoms with Gasteiger partial charge in [0.15, 0.2) is 0 Å². The summed E-state index contributed by atoms with van der Waals surface area (Å²) < 4.78 is 2.03. The fourth-order valence-electron chi connectivity index (χ4n) is 2.03. The second-order valence-electron chi connectivity index (χ2n) is 3.73. The zero-order chi connectivity index (χ0) is 10.4. The molecule has 15 heavy (non-hydrogen) atoms. The fourth-order valence-corrected chi connectivity index (χ4v) is 2.03. The van der Waals surface area contributed by atoms with Gasteiger partial charge in [-0.1, -0.05) is 12.1 Å². The van der Waals surface area contributed by atoms with E-state index in [1.165, 1.54) is 10.9 Å². The van der Waals surface area contributed by atoms with Crippen LogP contribution in [0.3, 0.4) is 0 Å². The Morgan fingerprint density at radius 3 is 3.07 bits per heavy atom. The maximum Gasteiger partial charge on any atom is 0.137 e. The number of imidazole rings is 1. The van der Waals surface area contributed by atoms with Gasteiger partial charge >= 0.3 is 0 Å². The van der Waals surface area contributed by atoms with E-state index in [-0.39, 0.29) is 0 Å². The van der Waals surface area contributed by atoms with E-state index in [4.69, 9.17) is 5.73 Å². The maximum absolute atomic E-state index is 6.00. The highest BCUT2D eigenvalue weighted by atomic mass is 15.0. The van der Waals surface area contributed by atoms with Crippen LogP contribution in [0.1, 0.15) is 5.56 Å². The molecule has 3 aromatic rings. The van der Waals surface area contributed by atoms with E-state index in [1.54, 1.807) is 6.20 Å². The van der Waals surface area contributed by atoms with Gasteiger partial charge in [0.1, 0.15) is 5.65 Å². The molecule has 2 N–H and O–H groups in total. The molecule has 0 unspecified atom stereocenters. The minimum Gasteiger partial charge on any atom is -0.397 e. The Morgan fingerprint density at radius 1 is 1.33 bits per heavy atom. The van der Waals surface area contributed by atoms with Crippen LogP contribution in [0.15, 0.2) is 36.7 Å². The highest BCUT2D eigenvalue weighted by molar-refractivity contribution is 5.93. The van der Waals surface area contributed by atoms with Crippen molar-refractivity contribution in [3.63, 3.8) is 0 Å². The van der Waals surface area contributed by atoms with E-state index < -0.39 is 0 Å². The number of nitrogen functional groups attached to an aromatic ring is 1. The smallest absolute Gasteiger partial charge is 0.137 e. The fraction of sp³-hybridized carbons (Fsp3) is 0.0833. The molecule has 0 aliphatic heterocycles. The van der Waals surface area contributed by atoms with E-state index >= 15 is 0 Å². The molecule has 3 nitrogen and oxygen atoms in total. The number of fused-ring (bicyclic) bond motifs is 3. The molecule has 74 valence electrons. The van der Waals surface area contributed by atoms with Gasteiger partial charge in [0.2, 0.25) is 0 Å². The molecule has 0 spiro atoms. The second-order valence-corrected chi connectivity index (χ2v) is 3.73.